The smallest absolute Gasteiger partial charge is 0.401 e. The molecule has 2 aliphatic rings. The Morgan fingerprint density at radius 2 is 1.27 bits per heavy atom. The molecular weight excluding hydrogens is 323 g/mol. The van der Waals surface area contributed by atoms with Gasteiger partial charge < -0.3 is 5.11 Å². The predicted octanol–water partition coefficient (Wildman–Crippen LogP) is 5.19. The first-order valence-electron chi connectivity index (χ1n) is 8.56. The van der Waals surface area contributed by atoms with Gasteiger partial charge in [-0.2, -0.15) is 0 Å². The summed E-state index contributed by atoms with van der Waals surface area (Å²) in [6.45, 7) is 7.45. The average Bonchev–Trinajstić information content (AvgIpc) is 2.55. The highest BCUT2D eigenvalue weighted by Crippen LogP contribution is 2.16. The molecule has 1 N–H and O–H groups in total. The molecule has 2 saturated heterocycles. The lowest BCUT2D eigenvalue weighted by Gasteiger charge is -2.39. The number of rotatable bonds is 4. The molecule has 2 rings (SSSR count). The van der Waals surface area contributed by atoms with E-state index in [-0.39, 0.29) is 0 Å². The summed E-state index contributed by atoms with van der Waals surface area (Å²) >= 11 is 9.57. The van der Waals surface area contributed by atoms with Gasteiger partial charge in [-0.05, 0) is 32.1 Å². The van der Waals surface area contributed by atoms with E-state index in [1.807, 2.05) is 0 Å². The average molecular weight is 355 g/mol. The van der Waals surface area contributed by atoms with Crippen LogP contribution in [0.1, 0.15) is 64.7 Å². The number of halogens is 2. The van der Waals surface area contributed by atoms with Gasteiger partial charge in [0.15, 0.2) is 0 Å². The Bertz CT molecular complexity index is 233. The molecule has 0 saturated carbocycles. The van der Waals surface area contributed by atoms with Crippen LogP contribution in [-0.4, -0.2) is 52.6 Å². The fraction of sp³-hybridized carbons (Fsp3) is 0.938. The number of hydrazine groups is 1. The fourth-order valence-electron chi connectivity index (χ4n) is 2.66. The van der Waals surface area contributed by atoms with Gasteiger partial charge in [-0.25, -0.2) is 14.8 Å². The largest absolute Gasteiger partial charge is 0.469 e. The molecule has 0 aromatic carbocycles. The third-order valence-corrected chi connectivity index (χ3v) is 4.07. The molecule has 0 aromatic rings. The second-order valence-electron chi connectivity index (χ2n) is 5.68. The van der Waals surface area contributed by atoms with Crippen LogP contribution in [0.4, 0.5) is 4.79 Å². The Kier molecular flexibility index (Phi) is 15.8. The van der Waals surface area contributed by atoms with Crippen LogP contribution in [-0.2, 0) is 0 Å². The second-order valence-corrected chi connectivity index (χ2v) is 6.38. The Balaban J connectivity index is 0.000000374. The Morgan fingerprint density at radius 3 is 1.50 bits per heavy atom. The van der Waals surface area contributed by atoms with Gasteiger partial charge in [-0.3, -0.25) is 0 Å². The van der Waals surface area contributed by atoms with E-state index in [1.165, 1.54) is 84.0 Å². The summed E-state index contributed by atoms with van der Waals surface area (Å²) in [6, 6.07) is 0. The van der Waals surface area contributed by atoms with Gasteiger partial charge in [0.2, 0.25) is 0 Å². The number of carboxylic acid groups (broad SMARTS) is 1. The van der Waals surface area contributed by atoms with E-state index in [4.69, 9.17) is 21.5 Å². The van der Waals surface area contributed by atoms with Crippen LogP contribution in [0.25, 0.3) is 0 Å². The van der Waals surface area contributed by atoms with E-state index in [0.717, 1.165) is 5.88 Å². The van der Waals surface area contributed by atoms with E-state index in [1.54, 1.807) is 0 Å². The Morgan fingerprint density at radius 1 is 0.909 bits per heavy atom. The molecule has 132 valence electrons. The standard InChI is InChI=1S/C10H20N2.C5H11Cl.CHClO2/c1-3-7-11(8-4-1)12-9-5-2-6-10-12;1-2-3-4-5-6;2-1(3)4/h1-10H2;2-5H2,1H3;(H,3,4). The van der Waals surface area contributed by atoms with E-state index in [2.05, 4.69) is 28.5 Å². The summed E-state index contributed by atoms with van der Waals surface area (Å²) in [5, 5.41) is 12.4. The molecule has 0 spiro atoms. The molecule has 4 nitrogen and oxygen atoms in total. The van der Waals surface area contributed by atoms with Crippen LogP contribution in [0.2, 0.25) is 0 Å². The van der Waals surface area contributed by atoms with Crippen molar-refractivity contribution in [2.24, 2.45) is 0 Å². The molecule has 2 fully saturated rings. The summed E-state index contributed by atoms with van der Waals surface area (Å²) in [6.07, 6.45) is 12.3. The molecule has 0 bridgehead atoms. The van der Waals surface area contributed by atoms with Crippen molar-refractivity contribution >= 4 is 28.6 Å². The number of alkyl halides is 1. The lowest BCUT2D eigenvalue weighted by molar-refractivity contribution is -0.0518. The highest BCUT2D eigenvalue weighted by atomic mass is 35.5. The molecule has 2 aliphatic heterocycles. The summed E-state index contributed by atoms with van der Waals surface area (Å²) in [4.78, 5) is 8.77. The van der Waals surface area contributed by atoms with Crippen molar-refractivity contribution in [1.29, 1.82) is 0 Å². The quantitative estimate of drug-likeness (QED) is 0.428. The number of unbranched alkanes of at least 4 members (excludes halogenated alkanes) is 2. The van der Waals surface area contributed by atoms with Crippen molar-refractivity contribution in [3.63, 3.8) is 0 Å². The van der Waals surface area contributed by atoms with E-state index < -0.39 is 5.43 Å². The van der Waals surface area contributed by atoms with Crippen LogP contribution in [0.15, 0.2) is 0 Å². The zero-order valence-corrected chi connectivity index (χ0v) is 15.4. The number of hydrogen-bond acceptors (Lipinski definition) is 3. The van der Waals surface area contributed by atoms with Crippen LogP contribution in [0, 0.1) is 0 Å². The first-order chi connectivity index (χ1) is 10.6. The van der Waals surface area contributed by atoms with E-state index in [0.29, 0.717) is 0 Å². The highest BCUT2D eigenvalue weighted by Gasteiger charge is 2.19. The third kappa shape index (κ3) is 13.6. The minimum atomic E-state index is -1.36. The number of nitrogens with zero attached hydrogens (tertiary/aromatic N) is 2. The minimum absolute atomic E-state index is 0.827. The Hall–Kier alpha value is -0.0300. The molecule has 0 atom stereocenters. The van der Waals surface area contributed by atoms with Crippen molar-refractivity contribution < 1.29 is 9.90 Å². The van der Waals surface area contributed by atoms with Crippen molar-refractivity contribution in [3.8, 4) is 0 Å². The Labute approximate surface area is 145 Å². The van der Waals surface area contributed by atoms with Crippen molar-refractivity contribution in [2.75, 3.05) is 32.1 Å². The third-order valence-electron chi connectivity index (χ3n) is 3.80. The number of hydrogen-bond donors (Lipinski definition) is 1. The monoisotopic (exact) mass is 354 g/mol. The van der Waals surface area contributed by atoms with Crippen molar-refractivity contribution in [1.82, 2.24) is 10.0 Å². The number of carbonyl (C=O) groups is 1. The van der Waals surface area contributed by atoms with E-state index >= 15 is 0 Å². The minimum Gasteiger partial charge on any atom is -0.469 e. The maximum Gasteiger partial charge on any atom is 0.401 e. The molecule has 0 aliphatic carbocycles. The van der Waals surface area contributed by atoms with Gasteiger partial charge in [0.05, 0.1) is 0 Å². The van der Waals surface area contributed by atoms with Crippen molar-refractivity contribution in [2.45, 2.75) is 64.7 Å². The molecular formula is C16H32Cl2N2O2. The normalized spacial score (nSPS) is 19.4. The second kappa shape index (κ2) is 15.9. The SMILES string of the molecule is C1CCN(N2CCCCC2)CC1.CCCCCCl.O=C(O)Cl. The lowest BCUT2D eigenvalue weighted by Crippen LogP contribution is -2.47. The maximum atomic E-state index is 8.77. The first kappa shape index (κ1) is 22.0. The zero-order chi connectivity index (χ0) is 16.6. The summed E-state index contributed by atoms with van der Waals surface area (Å²) in [7, 11) is 0. The highest BCUT2D eigenvalue weighted by molar-refractivity contribution is 6.60. The first-order valence-corrected chi connectivity index (χ1v) is 9.47. The van der Waals surface area contributed by atoms with Crippen molar-refractivity contribution in [3.05, 3.63) is 0 Å². The van der Waals surface area contributed by atoms with Crippen LogP contribution in [0.5, 0.6) is 0 Å². The van der Waals surface area contributed by atoms with Gasteiger partial charge in [0.1, 0.15) is 0 Å². The number of piperidine rings is 2. The van der Waals surface area contributed by atoms with Gasteiger partial charge in [-0.1, -0.05) is 32.6 Å². The van der Waals surface area contributed by atoms with Crippen LogP contribution in [0.3, 0.4) is 0 Å². The summed E-state index contributed by atoms with van der Waals surface area (Å²) < 4.78 is 0. The van der Waals surface area contributed by atoms with Gasteiger partial charge in [0, 0.05) is 43.7 Å². The molecule has 0 amide bonds. The molecule has 0 aromatic heterocycles. The van der Waals surface area contributed by atoms with E-state index in [9.17, 15) is 0 Å². The maximum absolute atomic E-state index is 8.77. The van der Waals surface area contributed by atoms with Gasteiger partial charge in [-0.15, -0.1) is 11.6 Å². The van der Waals surface area contributed by atoms with Gasteiger partial charge in [0.25, 0.3) is 0 Å². The summed E-state index contributed by atoms with van der Waals surface area (Å²) in [5.74, 6) is 0.827. The summed E-state index contributed by atoms with van der Waals surface area (Å²) in [5.41, 5.74) is -1.36. The predicted molar refractivity (Wildman–Crippen MR) is 95.0 cm³/mol. The molecule has 0 radical (unpaired) electrons. The molecule has 0 unspecified atom stereocenters. The van der Waals surface area contributed by atoms with Gasteiger partial charge >= 0.3 is 5.43 Å². The molecule has 2 heterocycles. The lowest BCUT2D eigenvalue weighted by atomic mass is 10.1. The fourth-order valence-corrected chi connectivity index (χ4v) is 2.85. The molecule has 6 heteroatoms. The zero-order valence-electron chi connectivity index (χ0n) is 13.9. The topological polar surface area (TPSA) is 43.8 Å². The molecule has 22 heavy (non-hydrogen) atoms. The van der Waals surface area contributed by atoms with Crippen LogP contribution >= 0.6 is 23.2 Å². The van der Waals surface area contributed by atoms with Crippen LogP contribution < -0.4 is 0 Å².